The molecule has 0 saturated carbocycles. The van der Waals surface area contributed by atoms with Crippen LogP contribution in [-0.2, 0) is 23.9 Å². The van der Waals surface area contributed by atoms with Crippen molar-refractivity contribution in [3.63, 3.8) is 0 Å². The van der Waals surface area contributed by atoms with E-state index < -0.39 is 41.0 Å². The molecule has 2 unspecified atom stereocenters. The number of nitrogens with zero attached hydrogens (tertiary/aromatic N) is 1. The Morgan fingerprint density at radius 3 is 2.16 bits per heavy atom. The molecule has 11 heteroatoms. The van der Waals surface area contributed by atoms with Crippen molar-refractivity contribution in [2.45, 2.75) is 56.8 Å². The molecule has 1 amide bonds. The Balaban J connectivity index is 1.83. The summed E-state index contributed by atoms with van der Waals surface area (Å²) < 4.78 is 11.4. The van der Waals surface area contributed by atoms with E-state index in [1.54, 1.807) is 20.8 Å². The minimum absolute atomic E-state index is 0.0704. The number of carboxylic acids is 1. The zero-order valence-corrected chi connectivity index (χ0v) is 20.8. The molecule has 11 nitrogen and oxygen atoms in total. The Hall–Kier alpha value is -3.99. The van der Waals surface area contributed by atoms with Gasteiger partial charge >= 0.3 is 12.1 Å². The van der Waals surface area contributed by atoms with Crippen LogP contribution in [0, 0.1) is 10.1 Å². The minimum Gasteiger partial charge on any atom is -0.480 e. The van der Waals surface area contributed by atoms with E-state index in [9.17, 15) is 29.6 Å². The minimum atomic E-state index is -1.94. The molecule has 1 aliphatic rings. The predicted octanol–water partition coefficient (Wildman–Crippen LogP) is 3.72. The number of carbonyl (C=O) groups excluding carboxylic acids is 2. The molecule has 2 aromatic carbocycles. The lowest BCUT2D eigenvalue weighted by Crippen LogP contribution is -2.63. The summed E-state index contributed by atoms with van der Waals surface area (Å²) in [6.07, 6.45) is -0.974. The normalized spacial score (nSPS) is 15.0. The highest BCUT2D eigenvalue weighted by Gasteiger charge is 2.49. The molecular formula is C26H30N2O9. The molecule has 2 N–H and O–H groups in total. The van der Waals surface area contributed by atoms with Gasteiger partial charge in [-0.1, -0.05) is 48.5 Å². The summed E-state index contributed by atoms with van der Waals surface area (Å²) in [5.74, 6) is -1.79. The van der Waals surface area contributed by atoms with Crippen molar-refractivity contribution in [3.8, 4) is 11.1 Å². The zero-order valence-electron chi connectivity index (χ0n) is 20.8. The Morgan fingerprint density at radius 2 is 1.68 bits per heavy atom. The first-order valence-corrected chi connectivity index (χ1v) is 11.7. The number of amides is 1. The van der Waals surface area contributed by atoms with Crippen molar-refractivity contribution in [2.75, 3.05) is 13.2 Å². The summed E-state index contributed by atoms with van der Waals surface area (Å²) >= 11 is 0. The molecule has 0 radical (unpaired) electrons. The third-order valence-corrected chi connectivity index (χ3v) is 5.99. The monoisotopic (exact) mass is 514 g/mol. The molecule has 0 aliphatic heterocycles. The first-order chi connectivity index (χ1) is 17.5. The van der Waals surface area contributed by atoms with Gasteiger partial charge in [0.1, 0.15) is 25.1 Å². The van der Waals surface area contributed by atoms with E-state index >= 15 is 0 Å². The van der Waals surface area contributed by atoms with E-state index in [4.69, 9.17) is 9.47 Å². The van der Waals surface area contributed by atoms with Gasteiger partial charge < -0.3 is 29.5 Å². The Bertz CT molecular complexity index is 1120. The average molecular weight is 515 g/mol. The predicted molar refractivity (Wildman–Crippen MR) is 131 cm³/mol. The number of benzene rings is 2. The molecule has 0 spiro atoms. The van der Waals surface area contributed by atoms with Gasteiger partial charge in [-0.15, -0.1) is 10.1 Å². The fraction of sp³-hybridized carbons (Fsp3) is 0.423. The van der Waals surface area contributed by atoms with Crippen LogP contribution in [0.15, 0.2) is 48.5 Å². The van der Waals surface area contributed by atoms with Crippen LogP contribution in [0.1, 0.15) is 50.7 Å². The number of fused-ring (bicyclic) bond motifs is 3. The molecule has 2 atom stereocenters. The van der Waals surface area contributed by atoms with Crippen molar-refractivity contribution in [1.29, 1.82) is 0 Å². The summed E-state index contributed by atoms with van der Waals surface area (Å²) in [5.41, 5.74) is 1.06. The van der Waals surface area contributed by atoms with Crippen LogP contribution in [0.25, 0.3) is 11.1 Å². The quantitative estimate of drug-likeness (QED) is 0.245. The number of aliphatic carboxylic acids is 1. The second-order valence-electron chi connectivity index (χ2n) is 9.72. The number of hydrogen-bond acceptors (Lipinski definition) is 8. The maximum Gasteiger partial charge on any atom is 0.407 e. The fourth-order valence-corrected chi connectivity index (χ4v) is 4.69. The highest BCUT2D eigenvalue weighted by Crippen LogP contribution is 2.44. The molecule has 198 valence electrons. The van der Waals surface area contributed by atoms with E-state index in [0.717, 1.165) is 22.3 Å². The molecule has 37 heavy (non-hydrogen) atoms. The maximum atomic E-state index is 12.9. The SMILES string of the molecule is CC(C)(C)OC(CCC=O)(CO[N+](=O)[O-])C(NC(=O)OCC1c2ccccc2-c2ccccc21)C(=O)O. The number of rotatable bonds is 12. The Kier molecular flexibility index (Phi) is 8.49. The largest absolute Gasteiger partial charge is 0.480 e. The average Bonchev–Trinajstić information content (AvgIpc) is 3.16. The number of alkyl carbamates (subject to hydrolysis) is 1. The van der Waals surface area contributed by atoms with E-state index in [0.29, 0.717) is 6.29 Å². The summed E-state index contributed by atoms with van der Waals surface area (Å²) in [4.78, 5) is 51.8. The number of hydrogen-bond donors (Lipinski definition) is 2. The standard InChI is InChI=1S/C26H30N2O9/c1-25(2,3)37-26(13-8-14-29,16-36-28(33)34)22(23(30)31)27-24(32)35-15-21-19-11-6-4-9-17(19)18-10-5-7-12-20(18)21/h4-7,9-12,14,21-22H,8,13,15-16H2,1-3H3,(H,27,32)(H,30,31). The highest BCUT2D eigenvalue weighted by molar-refractivity contribution is 5.82. The lowest BCUT2D eigenvalue weighted by atomic mass is 9.88. The molecule has 2 aromatic rings. The van der Waals surface area contributed by atoms with E-state index in [1.807, 2.05) is 48.5 Å². The lowest BCUT2D eigenvalue weighted by Gasteiger charge is -2.42. The van der Waals surface area contributed by atoms with Crippen molar-refractivity contribution in [1.82, 2.24) is 5.32 Å². The lowest BCUT2D eigenvalue weighted by molar-refractivity contribution is -0.761. The van der Waals surface area contributed by atoms with Gasteiger partial charge in [0.05, 0.1) is 5.60 Å². The summed E-state index contributed by atoms with van der Waals surface area (Å²) in [6, 6.07) is 13.6. The van der Waals surface area contributed by atoms with Crippen molar-refractivity contribution < 1.29 is 38.9 Å². The molecule has 3 rings (SSSR count). The molecule has 0 aromatic heterocycles. The van der Waals surface area contributed by atoms with E-state index in [2.05, 4.69) is 10.2 Å². The third-order valence-electron chi connectivity index (χ3n) is 5.99. The summed E-state index contributed by atoms with van der Waals surface area (Å²) in [7, 11) is 0. The fourth-order valence-electron chi connectivity index (χ4n) is 4.69. The molecule has 0 heterocycles. The molecule has 0 fully saturated rings. The third kappa shape index (κ3) is 6.62. The van der Waals surface area contributed by atoms with Crippen molar-refractivity contribution in [2.24, 2.45) is 0 Å². The van der Waals surface area contributed by atoms with Crippen LogP contribution in [0.4, 0.5) is 4.79 Å². The number of nitrogens with one attached hydrogen (secondary N) is 1. The second-order valence-corrected chi connectivity index (χ2v) is 9.72. The number of carbonyl (C=O) groups is 3. The Labute approximate surface area is 213 Å². The summed E-state index contributed by atoms with van der Waals surface area (Å²) in [5, 5.41) is 22.1. The van der Waals surface area contributed by atoms with Gasteiger partial charge in [0.2, 0.25) is 0 Å². The van der Waals surface area contributed by atoms with Gasteiger partial charge in [-0.2, -0.15) is 0 Å². The Morgan fingerprint density at radius 1 is 1.11 bits per heavy atom. The first-order valence-electron chi connectivity index (χ1n) is 11.7. The van der Waals surface area contributed by atoms with Crippen LogP contribution in [-0.4, -0.2) is 59.0 Å². The number of carboxylic acid groups (broad SMARTS) is 1. The van der Waals surface area contributed by atoms with Crippen LogP contribution >= 0.6 is 0 Å². The number of aldehydes is 1. The van der Waals surface area contributed by atoms with Gasteiger partial charge in [0.15, 0.2) is 6.04 Å². The van der Waals surface area contributed by atoms with Gasteiger partial charge in [-0.3, -0.25) is 0 Å². The van der Waals surface area contributed by atoms with E-state index in [-0.39, 0.29) is 25.4 Å². The second kappa shape index (κ2) is 11.4. The van der Waals surface area contributed by atoms with Gasteiger partial charge in [-0.25, -0.2) is 9.59 Å². The summed E-state index contributed by atoms with van der Waals surface area (Å²) in [6.45, 7) is 3.94. The van der Waals surface area contributed by atoms with Gasteiger partial charge in [-0.05, 0) is 49.4 Å². The molecule has 1 aliphatic carbocycles. The van der Waals surface area contributed by atoms with Crippen molar-refractivity contribution in [3.05, 3.63) is 69.8 Å². The number of ether oxygens (including phenoxy) is 2. The smallest absolute Gasteiger partial charge is 0.407 e. The van der Waals surface area contributed by atoms with Crippen LogP contribution in [0.3, 0.4) is 0 Å². The van der Waals surface area contributed by atoms with Gasteiger partial charge in [0.25, 0.3) is 5.09 Å². The topological polar surface area (TPSA) is 154 Å². The highest BCUT2D eigenvalue weighted by atomic mass is 17.0. The van der Waals surface area contributed by atoms with E-state index in [1.165, 1.54) is 0 Å². The molecular weight excluding hydrogens is 484 g/mol. The first kappa shape index (κ1) is 27.6. The molecule has 0 saturated heterocycles. The zero-order chi connectivity index (χ0) is 27.2. The molecule has 0 bridgehead atoms. The van der Waals surface area contributed by atoms with Crippen LogP contribution < -0.4 is 5.32 Å². The van der Waals surface area contributed by atoms with Crippen LogP contribution in [0.2, 0.25) is 0 Å². The van der Waals surface area contributed by atoms with Gasteiger partial charge in [0, 0.05) is 12.3 Å². The maximum absolute atomic E-state index is 12.9. The van der Waals surface area contributed by atoms with Crippen molar-refractivity contribution >= 4 is 18.3 Å². The van der Waals surface area contributed by atoms with Crippen LogP contribution in [0.5, 0.6) is 0 Å².